The zero-order valence-corrected chi connectivity index (χ0v) is 8.92. The van der Waals surface area contributed by atoms with E-state index in [1.807, 2.05) is 0 Å². The summed E-state index contributed by atoms with van der Waals surface area (Å²) in [6.07, 6.45) is -1.36. The van der Waals surface area contributed by atoms with Crippen LogP contribution in [0.5, 0.6) is 11.5 Å². The molecule has 0 amide bonds. The number of hydrogen-bond donors (Lipinski definition) is 2. The Bertz CT molecular complexity index is 350. The highest BCUT2D eigenvalue weighted by molar-refractivity contribution is 5.67. The highest BCUT2D eigenvalue weighted by atomic mass is 16.5. The van der Waals surface area contributed by atoms with Crippen LogP contribution >= 0.6 is 0 Å². The van der Waals surface area contributed by atoms with Crippen LogP contribution in [0.25, 0.3) is 0 Å². The minimum absolute atomic E-state index is 0.0767. The highest BCUT2D eigenvalue weighted by Crippen LogP contribution is 2.25. The van der Waals surface area contributed by atoms with Crippen molar-refractivity contribution in [3.8, 4) is 11.5 Å². The van der Waals surface area contributed by atoms with E-state index in [2.05, 4.69) is 0 Å². The number of benzene rings is 1. The maximum absolute atomic E-state index is 10.3. The Morgan fingerprint density at radius 3 is 2.56 bits per heavy atom. The van der Waals surface area contributed by atoms with E-state index in [-0.39, 0.29) is 13.0 Å². The quantitative estimate of drug-likeness (QED) is 0.754. The number of methoxy groups -OCH3 is 1. The molecule has 1 atom stereocenters. The molecule has 0 saturated heterocycles. The smallest absolute Gasteiger partial charge is 0.306 e. The van der Waals surface area contributed by atoms with Gasteiger partial charge in [-0.2, -0.15) is 0 Å². The molecule has 0 saturated carbocycles. The van der Waals surface area contributed by atoms with Gasteiger partial charge in [-0.15, -0.1) is 0 Å². The van der Waals surface area contributed by atoms with Crippen molar-refractivity contribution >= 4 is 5.97 Å². The van der Waals surface area contributed by atoms with Gasteiger partial charge in [-0.1, -0.05) is 12.1 Å². The fraction of sp³-hybridized carbons (Fsp3) is 0.364. The molecule has 0 bridgehead atoms. The molecular formula is C11H14O5. The summed E-state index contributed by atoms with van der Waals surface area (Å²) in [4.78, 5) is 10.3. The fourth-order valence-electron chi connectivity index (χ4n) is 1.18. The molecule has 1 unspecified atom stereocenters. The Morgan fingerprint density at radius 1 is 1.38 bits per heavy atom. The van der Waals surface area contributed by atoms with E-state index >= 15 is 0 Å². The third-order valence-electron chi connectivity index (χ3n) is 1.91. The number of carboxylic acids is 1. The summed E-state index contributed by atoms with van der Waals surface area (Å²) in [6, 6.07) is 6.96. The monoisotopic (exact) mass is 226 g/mol. The SMILES string of the molecule is COc1ccccc1OCC(O)CC(=O)O. The average Bonchev–Trinajstić information content (AvgIpc) is 2.26. The number of aliphatic hydroxyl groups excluding tert-OH is 1. The van der Waals surface area contributed by atoms with Gasteiger partial charge in [-0.3, -0.25) is 4.79 Å². The van der Waals surface area contributed by atoms with Crippen molar-refractivity contribution in [2.45, 2.75) is 12.5 Å². The van der Waals surface area contributed by atoms with Crippen LogP contribution in [0.15, 0.2) is 24.3 Å². The minimum Gasteiger partial charge on any atom is -0.493 e. The van der Waals surface area contributed by atoms with E-state index in [1.165, 1.54) is 7.11 Å². The van der Waals surface area contributed by atoms with Crippen LogP contribution in [0.3, 0.4) is 0 Å². The zero-order valence-electron chi connectivity index (χ0n) is 8.92. The van der Waals surface area contributed by atoms with Crippen LogP contribution in [0.2, 0.25) is 0 Å². The fourth-order valence-corrected chi connectivity index (χ4v) is 1.18. The first-order chi connectivity index (χ1) is 7.63. The second-order valence-electron chi connectivity index (χ2n) is 3.21. The third-order valence-corrected chi connectivity index (χ3v) is 1.91. The summed E-state index contributed by atoms with van der Waals surface area (Å²) in [5.41, 5.74) is 0. The van der Waals surface area contributed by atoms with E-state index in [0.717, 1.165) is 0 Å². The maximum Gasteiger partial charge on any atom is 0.306 e. The Hall–Kier alpha value is -1.75. The van der Waals surface area contributed by atoms with E-state index in [4.69, 9.17) is 14.6 Å². The zero-order chi connectivity index (χ0) is 12.0. The Kier molecular flexibility index (Phi) is 4.60. The number of ether oxygens (including phenoxy) is 2. The number of rotatable bonds is 6. The molecular weight excluding hydrogens is 212 g/mol. The van der Waals surface area contributed by atoms with Gasteiger partial charge < -0.3 is 19.7 Å². The lowest BCUT2D eigenvalue weighted by molar-refractivity contribution is -0.139. The molecule has 5 nitrogen and oxygen atoms in total. The minimum atomic E-state index is -1.06. The van der Waals surface area contributed by atoms with E-state index < -0.39 is 12.1 Å². The van der Waals surface area contributed by atoms with Crippen molar-refractivity contribution < 1.29 is 24.5 Å². The van der Waals surface area contributed by atoms with Crippen molar-refractivity contribution in [2.24, 2.45) is 0 Å². The second-order valence-corrected chi connectivity index (χ2v) is 3.21. The predicted molar refractivity (Wildman–Crippen MR) is 56.7 cm³/mol. The molecule has 0 aromatic heterocycles. The van der Waals surface area contributed by atoms with Crippen LogP contribution < -0.4 is 9.47 Å². The summed E-state index contributed by atoms with van der Waals surface area (Å²) in [5.74, 6) is -0.0319. The first kappa shape index (κ1) is 12.3. The first-order valence-corrected chi connectivity index (χ1v) is 4.79. The van der Waals surface area contributed by atoms with E-state index in [0.29, 0.717) is 11.5 Å². The molecule has 0 aliphatic rings. The van der Waals surface area contributed by atoms with Crippen molar-refractivity contribution in [2.75, 3.05) is 13.7 Å². The average molecular weight is 226 g/mol. The lowest BCUT2D eigenvalue weighted by Crippen LogP contribution is -2.21. The van der Waals surface area contributed by atoms with Crippen LogP contribution in [0.4, 0.5) is 0 Å². The van der Waals surface area contributed by atoms with Gasteiger partial charge in [0.05, 0.1) is 19.6 Å². The molecule has 0 radical (unpaired) electrons. The predicted octanol–water partition coefficient (Wildman–Crippen LogP) is 0.910. The summed E-state index contributed by atoms with van der Waals surface area (Å²) in [6.45, 7) is -0.0767. The third kappa shape index (κ3) is 3.78. The van der Waals surface area contributed by atoms with Gasteiger partial charge in [0, 0.05) is 0 Å². The van der Waals surface area contributed by atoms with Gasteiger partial charge in [0.15, 0.2) is 11.5 Å². The van der Waals surface area contributed by atoms with Crippen molar-refractivity contribution in [3.05, 3.63) is 24.3 Å². The van der Waals surface area contributed by atoms with Crippen LogP contribution in [0, 0.1) is 0 Å². The lowest BCUT2D eigenvalue weighted by atomic mass is 10.2. The molecule has 16 heavy (non-hydrogen) atoms. The molecule has 0 aliphatic heterocycles. The standard InChI is InChI=1S/C11H14O5/c1-15-9-4-2-3-5-10(9)16-7-8(12)6-11(13)14/h2-5,8,12H,6-7H2,1H3,(H,13,14). The largest absolute Gasteiger partial charge is 0.493 e. The lowest BCUT2D eigenvalue weighted by Gasteiger charge is -2.12. The molecule has 1 aromatic rings. The van der Waals surface area contributed by atoms with Crippen molar-refractivity contribution in [1.82, 2.24) is 0 Å². The molecule has 0 fully saturated rings. The number of aliphatic hydroxyl groups is 1. The van der Waals surface area contributed by atoms with Crippen LogP contribution in [0.1, 0.15) is 6.42 Å². The highest BCUT2D eigenvalue weighted by Gasteiger charge is 2.11. The summed E-state index contributed by atoms with van der Waals surface area (Å²) < 4.78 is 10.3. The van der Waals surface area contributed by atoms with Gasteiger partial charge in [0.1, 0.15) is 6.61 Å². The molecule has 0 heterocycles. The van der Waals surface area contributed by atoms with Gasteiger partial charge in [0.25, 0.3) is 0 Å². The normalized spacial score (nSPS) is 11.9. The molecule has 88 valence electrons. The molecule has 2 N–H and O–H groups in total. The Labute approximate surface area is 93.2 Å². The van der Waals surface area contributed by atoms with E-state index in [1.54, 1.807) is 24.3 Å². The Morgan fingerprint density at radius 2 is 2.00 bits per heavy atom. The molecule has 1 aromatic carbocycles. The van der Waals surface area contributed by atoms with Gasteiger partial charge in [-0.05, 0) is 12.1 Å². The van der Waals surface area contributed by atoms with Crippen molar-refractivity contribution in [3.63, 3.8) is 0 Å². The number of hydrogen-bond acceptors (Lipinski definition) is 4. The number of carboxylic acid groups (broad SMARTS) is 1. The number of para-hydroxylation sites is 2. The van der Waals surface area contributed by atoms with Crippen LogP contribution in [-0.2, 0) is 4.79 Å². The first-order valence-electron chi connectivity index (χ1n) is 4.79. The second kappa shape index (κ2) is 5.97. The summed E-state index contributed by atoms with van der Waals surface area (Å²) in [5, 5.41) is 17.7. The van der Waals surface area contributed by atoms with E-state index in [9.17, 15) is 9.90 Å². The van der Waals surface area contributed by atoms with Crippen molar-refractivity contribution in [1.29, 1.82) is 0 Å². The molecule has 0 aliphatic carbocycles. The maximum atomic E-state index is 10.3. The summed E-state index contributed by atoms with van der Waals surface area (Å²) in [7, 11) is 1.51. The Balaban J connectivity index is 2.50. The van der Waals surface area contributed by atoms with Crippen LogP contribution in [-0.4, -0.2) is 36.0 Å². The molecule has 1 rings (SSSR count). The number of carbonyl (C=O) groups is 1. The van der Waals surface area contributed by atoms with Gasteiger partial charge in [-0.25, -0.2) is 0 Å². The molecule has 0 spiro atoms. The number of aliphatic carboxylic acids is 1. The summed E-state index contributed by atoms with van der Waals surface area (Å²) >= 11 is 0. The van der Waals surface area contributed by atoms with Gasteiger partial charge >= 0.3 is 5.97 Å². The topological polar surface area (TPSA) is 76.0 Å². The van der Waals surface area contributed by atoms with Gasteiger partial charge in [0.2, 0.25) is 0 Å². The molecule has 5 heteroatoms.